The quantitative estimate of drug-likeness (QED) is 0.534. The first kappa shape index (κ1) is 11.5. The van der Waals surface area contributed by atoms with Crippen molar-refractivity contribution in [3.63, 3.8) is 0 Å². The molecule has 0 aliphatic heterocycles. The van der Waals surface area contributed by atoms with E-state index in [9.17, 15) is 0 Å². The highest BCUT2D eigenvalue weighted by Gasteiger charge is 2.44. The summed E-state index contributed by atoms with van der Waals surface area (Å²) in [5.41, 5.74) is 0.0293. The van der Waals surface area contributed by atoms with E-state index in [-0.39, 0.29) is 5.60 Å². The molecule has 2 aliphatic rings. The molecule has 0 aromatic rings. The van der Waals surface area contributed by atoms with Crippen LogP contribution in [0.2, 0.25) is 0 Å². The molecule has 2 aliphatic carbocycles. The van der Waals surface area contributed by atoms with E-state index < -0.39 is 0 Å². The van der Waals surface area contributed by atoms with Crippen LogP contribution in [0.15, 0.2) is 11.8 Å². The van der Waals surface area contributed by atoms with E-state index in [0.29, 0.717) is 0 Å². The molecule has 16 heavy (non-hydrogen) atoms. The molecule has 2 saturated carbocycles. The van der Waals surface area contributed by atoms with Gasteiger partial charge in [-0.05, 0) is 44.4 Å². The van der Waals surface area contributed by atoms with Gasteiger partial charge < -0.3 is 4.74 Å². The number of allylic oxidation sites excluding steroid dienone is 2. The van der Waals surface area contributed by atoms with E-state index in [1.807, 2.05) is 13.0 Å². The van der Waals surface area contributed by atoms with Crippen LogP contribution in [0, 0.1) is 23.2 Å². The maximum absolute atomic E-state index is 8.63. The van der Waals surface area contributed by atoms with Crippen molar-refractivity contribution in [3.8, 4) is 6.07 Å². The molecular formula is C14H21NO. The smallest absolute Gasteiger partial charge is 0.109 e. The van der Waals surface area contributed by atoms with Crippen molar-refractivity contribution in [2.75, 3.05) is 0 Å². The lowest BCUT2D eigenvalue weighted by molar-refractivity contribution is -0.0506. The summed E-state index contributed by atoms with van der Waals surface area (Å²) in [6.45, 7) is 4.11. The van der Waals surface area contributed by atoms with E-state index >= 15 is 0 Å². The highest BCUT2D eigenvalue weighted by Crippen LogP contribution is 2.49. The lowest BCUT2D eigenvalue weighted by atomic mass is 9.76. The van der Waals surface area contributed by atoms with Crippen LogP contribution in [-0.4, -0.2) is 5.60 Å². The highest BCUT2D eigenvalue weighted by atomic mass is 16.5. The van der Waals surface area contributed by atoms with Crippen molar-refractivity contribution in [2.45, 2.75) is 58.0 Å². The fraction of sp³-hybridized carbons (Fsp3) is 0.786. The summed E-state index contributed by atoms with van der Waals surface area (Å²) in [6, 6.07) is 2.05. The molecule has 0 heterocycles. The maximum atomic E-state index is 8.63. The van der Waals surface area contributed by atoms with E-state index in [4.69, 9.17) is 10.00 Å². The lowest BCUT2D eigenvalue weighted by Crippen LogP contribution is -2.38. The van der Waals surface area contributed by atoms with Gasteiger partial charge >= 0.3 is 0 Å². The topological polar surface area (TPSA) is 33.0 Å². The van der Waals surface area contributed by atoms with Crippen molar-refractivity contribution in [3.05, 3.63) is 11.8 Å². The number of nitrogens with zero attached hydrogens (tertiary/aromatic N) is 1. The summed E-state index contributed by atoms with van der Waals surface area (Å²) in [7, 11) is 0. The molecule has 88 valence electrons. The monoisotopic (exact) mass is 219 g/mol. The van der Waals surface area contributed by atoms with Gasteiger partial charge in [-0.2, -0.15) is 5.26 Å². The number of fused-ring (bicyclic) bond motifs is 2. The zero-order valence-corrected chi connectivity index (χ0v) is 10.3. The molecule has 2 atom stereocenters. The van der Waals surface area contributed by atoms with Gasteiger partial charge in [-0.25, -0.2) is 0 Å². The van der Waals surface area contributed by atoms with E-state index in [2.05, 4.69) is 6.92 Å². The van der Waals surface area contributed by atoms with Crippen molar-refractivity contribution in [2.24, 2.45) is 11.8 Å². The Balaban J connectivity index is 2.08. The molecule has 2 bridgehead atoms. The van der Waals surface area contributed by atoms with Crippen LogP contribution >= 0.6 is 0 Å². The molecule has 0 saturated heterocycles. The molecule has 0 aromatic carbocycles. The second-order valence-electron chi connectivity index (χ2n) is 5.48. The summed E-state index contributed by atoms with van der Waals surface area (Å²) in [4.78, 5) is 0. The van der Waals surface area contributed by atoms with Crippen LogP contribution in [0.25, 0.3) is 0 Å². The van der Waals surface area contributed by atoms with Gasteiger partial charge in [0.2, 0.25) is 0 Å². The first-order valence-corrected chi connectivity index (χ1v) is 6.43. The predicted octanol–water partition coefficient (Wildman–Crippen LogP) is 3.79. The third-order valence-electron chi connectivity index (χ3n) is 4.26. The summed E-state index contributed by atoms with van der Waals surface area (Å²) in [6.07, 6.45) is 9.15. The van der Waals surface area contributed by atoms with Gasteiger partial charge in [0.15, 0.2) is 0 Å². The molecular weight excluding hydrogens is 198 g/mol. The van der Waals surface area contributed by atoms with Crippen LogP contribution < -0.4 is 0 Å². The second-order valence-corrected chi connectivity index (χ2v) is 5.48. The van der Waals surface area contributed by atoms with Gasteiger partial charge in [0, 0.05) is 0 Å². The van der Waals surface area contributed by atoms with Crippen LogP contribution in [0.4, 0.5) is 0 Å². The normalized spacial score (nSPS) is 38.2. The minimum Gasteiger partial charge on any atom is -0.491 e. The molecule has 0 N–H and O–H groups in total. The summed E-state index contributed by atoms with van der Waals surface area (Å²) in [5.74, 6) is 2.52. The highest BCUT2D eigenvalue weighted by molar-refractivity contribution is 5.08. The average Bonchev–Trinajstić information content (AvgIpc) is 2.59. The van der Waals surface area contributed by atoms with Gasteiger partial charge in [-0.15, -0.1) is 0 Å². The molecule has 0 amide bonds. The van der Waals surface area contributed by atoms with Gasteiger partial charge in [0.25, 0.3) is 0 Å². The molecule has 0 aromatic heterocycles. The number of rotatable bonds is 3. The zero-order valence-electron chi connectivity index (χ0n) is 10.3. The van der Waals surface area contributed by atoms with Gasteiger partial charge in [-0.1, -0.05) is 19.8 Å². The predicted molar refractivity (Wildman–Crippen MR) is 63.5 cm³/mol. The first-order chi connectivity index (χ1) is 7.67. The number of hydrogen-bond acceptors (Lipinski definition) is 2. The van der Waals surface area contributed by atoms with Crippen molar-refractivity contribution in [1.29, 1.82) is 5.26 Å². The van der Waals surface area contributed by atoms with Crippen LogP contribution in [-0.2, 0) is 4.74 Å². The minimum atomic E-state index is 0.0293. The Bertz CT molecular complexity index is 314. The summed E-state index contributed by atoms with van der Waals surface area (Å²) >= 11 is 0. The van der Waals surface area contributed by atoms with Gasteiger partial charge in [0.05, 0.1) is 12.1 Å². The molecule has 2 heteroatoms. The molecule has 0 spiro atoms. The summed E-state index contributed by atoms with van der Waals surface area (Å²) in [5, 5.41) is 8.63. The van der Waals surface area contributed by atoms with Crippen LogP contribution in [0.1, 0.15) is 52.4 Å². The molecule has 2 nitrogen and oxygen atoms in total. The van der Waals surface area contributed by atoms with Gasteiger partial charge in [-0.3, -0.25) is 0 Å². The Morgan fingerprint density at radius 1 is 1.44 bits per heavy atom. The average molecular weight is 219 g/mol. The molecule has 2 fully saturated rings. The number of nitriles is 1. The van der Waals surface area contributed by atoms with Crippen LogP contribution in [0.3, 0.4) is 0 Å². The fourth-order valence-corrected chi connectivity index (χ4v) is 3.59. The maximum Gasteiger partial charge on any atom is 0.109 e. The minimum absolute atomic E-state index is 0.0293. The second kappa shape index (κ2) is 4.49. The zero-order chi connectivity index (χ0) is 11.6. The lowest BCUT2D eigenvalue weighted by Gasteiger charge is -2.40. The number of hydrogen-bond donors (Lipinski definition) is 0. The Morgan fingerprint density at radius 2 is 2.06 bits per heavy atom. The van der Waals surface area contributed by atoms with E-state index in [1.165, 1.54) is 38.2 Å². The Morgan fingerprint density at radius 3 is 2.56 bits per heavy atom. The molecule has 2 rings (SSSR count). The largest absolute Gasteiger partial charge is 0.491 e. The van der Waals surface area contributed by atoms with E-state index in [0.717, 1.165) is 24.0 Å². The SMILES string of the molecule is CCC1(O/C(C)=C\C#N)CC2CCC(C2)C1. The number of ether oxygens (including phenoxy) is 1. The standard InChI is InChI=1S/C14H21NO/c1-3-14(16-11(2)6-7-15)9-12-4-5-13(8-12)10-14/h6,12-13H,3-5,8-10H2,1-2H3/b11-6-. The van der Waals surface area contributed by atoms with Crippen molar-refractivity contribution in [1.82, 2.24) is 0 Å². The molecule has 0 radical (unpaired) electrons. The first-order valence-electron chi connectivity index (χ1n) is 6.43. The third kappa shape index (κ3) is 2.24. The van der Waals surface area contributed by atoms with Crippen LogP contribution in [0.5, 0.6) is 0 Å². The van der Waals surface area contributed by atoms with Crippen molar-refractivity contribution >= 4 is 0 Å². The third-order valence-corrected chi connectivity index (χ3v) is 4.26. The van der Waals surface area contributed by atoms with Crippen molar-refractivity contribution < 1.29 is 4.74 Å². The Labute approximate surface area is 98.3 Å². The van der Waals surface area contributed by atoms with E-state index in [1.54, 1.807) is 0 Å². The summed E-state index contributed by atoms with van der Waals surface area (Å²) < 4.78 is 6.09. The molecule has 2 unspecified atom stereocenters. The Kier molecular flexibility index (Phi) is 3.23. The Hall–Kier alpha value is -0.970. The fourth-order valence-electron chi connectivity index (χ4n) is 3.59. The van der Waals surface area contributed by atoms with Gasteiger partial charge in [0.1, 0.15) is 11.4 Å².